The molecule has 7 nitrogen and oxygen atoms in total. The lowest BCUT2D eigenvalue weighted by Gasteiger charge is -2.35. The van der Waals surface area contributed by atoms with Crippen molar-refractivity contribution in [1.82, 2.24) is 10.2 Å². The maximum absolute atomic E-state index is 11.8. The number of nitro benzene ring substituents is 1. The number of nitrogens with zero attached hydrogens (tertiary/aromatic N) is 2. The van der Waals surface area contributed by atoms with E-state index in [9.17, 15) is 20.0 Å². The molecule has 0 bridgehead atoms. The van der Waals surface area contributed by atoms with Crippen molar-refractivity contribution in [3.8, 4) is 0 Å². The van der Waals surface area contributed by atoms with Gasteiger partial charge in [0, 0.05) is 24.1 Å². The third-order valence-electron chi connectivity index (χ3n) is 3.08. The first-order valence-corrected chi connectivity index (χ1v) is 5.96. The smallest absolute Gasteiger partial charge is 0.319 e. The summed E-state index contributed by atoms with van der Waals surface area (Å²) >= 11 is 0. The minimum absolute atomic E-state index is 0.0108. The Kier molecular flexibility index (Phi) is 3.66. The summed E-state index contributed by atoms with van der Waals surface area (Å²) in [6, 6.07) is 5.67. The summed E-state index contributed by atoms with van der Waals surface area (Å²) in [6.07, 6.45) is -0.532. The van der Waals surface area contributed by atoms with E-state index in [4.69, 9.17) is 0 Å². The number of nitro groups is 1. The fourth-order valence-electron chi connectivity index (χ4n) is 2.11. The summed E-state index contributed by atoms with van der Waals surface area (Å²) in [6.45, 7) is 1.81. The van der Waals surface area contributed by atoms with Crippen LogP contribution in [0.25, 0.3) is 0 Å². The minimum atomic E-state index is -0.927. The summed E-state index contributed by atoms with van der Waals surface area (Å²) < 4.78 is 0. The standard InChI is InChI=1S/C12H15N3O4/c1-8-6-11(16)14(12(17)13-8)7-9-4-2-3-5-10(9)15(18)19/h2-5,8,11,16H,6-7H2,1H3,(H,13,17). The van der Waals surface area contributed by atoms with E-state index in [-0.39, 0.29) is 18.3 Å². The molecule has 1 fully saturated rings. The molecule has 1 aromatic rings. The lowest BCUT2D eigenvalue weighted by atomic mass is 10.1. The van der Waals surface area contributed by atoms with Gasteiger partial charge in [-0.2, -0.15) is 0 Å². The van der Waals surface area contributed by atoms with Gasteiger partial charge in [0.2, 0.25) is 0 Å². The fourth-order valence-corrected chi connectivity index (χ4v) is 2.11. The number of carbonyl (C=O) groups is 1. The van der Waals surface area contributed by atoms with Gasteiger partial charge in [0.15, 0.2) is 0 Å². The number of para-hydroxylation sites is 1. The van der Waals surface area contributed by atoms with Crippen LogP contribution in [0, 0.1) is 10.1 Å². The molecule has 0 saturated carbocycles. The fraction of sp³-hybridized carbons (Fsp3) is 0.417. The minimum Gasteiger partial charge on any atom is -0.373 e. The SMILES string of the molecule is CC1CC(O)N(Cc2ccccc2[N+](=O)[O-])C(=O)N1. The number of aliphatic hydroxyl groups is 1. The van der Waals surface area contributed by atoms with Crippen molar-refractivity contribution in [3.05, 3.63) is 39.9 Å². The molecule has 1 heterocycles. The van der Waals surface area contributed by atoms with E-state index in [0.717, 1.165) is 0 Å². The van der Waals surface area contributed by atoms with Gasteiger partial charge in [0.25, 0.3) is 5.69 Å². The average Bonchev–Trinajstić information content (AvgIpc) is 2.34. The second-order valence-electron chi connectivity index (χ2n) is 4.58. The van der Waals surface area contributed by atoms with Crippen LogP contribution in [0.4, 0.5) is 10.5 Å². The van der Waals surface area contributed by atoms with Crippen molar-refractivity contribution in [2.75, 3.05) is 0 Å². The largest absolute Gasteiger partial charge is 0.373 e. The summed E-state index contributed by atoms with van der Waals surface area (Å²) in [5.74, 6) is 0. The van der Waals surface area contributed by atoms with Gasteiger partial charge in [-0.1, -0.05) is 18.2 Å². The predicted octanol–water partition coefficient (Wildman–Crippen LogP) is 1.22. The van der Waals surface area contributed by atoms with Crippen LogP contribution >= 0.6 is 0 Å². The summed E-state index contributed by atoms with van der Waals surface area (Å²) in [5, 5.41) is 23.5. The molecule has 2 N–H and O–H groups in total. The molecule has 1 aromatic carbocycles. The second kappa shape index (κ2) is 5.23. The van der Waals surface area contributed by atoms with Crippen LogP contribution in [0.5, 0.6) is 0 Å². The Labute approximate surface area is 110 Å². The van der Waals surface area contributed by atoms with Crippen molar-refractivity contribution >= 4 is 11.7 Å². The molecule has 2 unspecified atom stereocenters. The molecule has 1 saturated heterocycles. The van der Waals surface area contributed by atoms with Crippen molar-refractivity contribution in [1.29, 1.82) is 0 Å². The lowest BCUT2D eigenvalue weighted by Crippen LogP contribution is -2.55. The van der Waals surface area contributed by atoms with E-state index in [0.29, 0.717) is 12.0 Å². The molecule has 2 rings (SSSR count). The molecule has 0 aromatic heterocycles. The van der Waals surface area contributed by atoms with Crippen LogP contribution in [0.3, 0.4) is 0 Å². The number of nitrogens with one attached hydrogen (secondary N) is 1. The highest BCUT2D eigenvalue weighted by Crippen LogP contribution is 2.22. The van der Waals surface area contributed by atoms with Gasteiger partial charge in [0.1, 0.15) is 6.23 Å². The Bertz CT molecular complexity index is 506. The number of amides is 2. The number of hydrogen-bond acceptors (Lipinski definition) is 4. The van der Waals surface area contributed by atoms with Crippen molar-refractivity contribution in [2.24, 2.45) is 0 Å². The zero-order valence-electron chi connectivity index (χ0n) is 10.4. The summed E-state index contributed by atoms with van der Waals surface area (Å²) in [4.78, 5) is 23.4. The molecular weight excluding hydrogens is 250 g/mol. The van der Waals surface area contributed by atoms with Gasteiger partial charge in [0.05, 0.1) is 11.5 Å². The number of benzene rings is 1. The Morgan fingerprint density at radius 3 is 2.84 bits per heavy atom. The van der Waals surface area contributed by atoms with E-state index in [1.165, 1.54) is 11.0 Å². The third kappa shape index (κ3) is 2.82. The van der Waals surface area contributed by atoms with Crippen LogP contribution in [-0.2, 0) is 6.54 Å². The Morgan fingerprint density at radius 2 is 2.21 bits per heavy atom. The molecule has 102 valence electrons. The zero-order chi connectivity index (χ0) is 14.0. The molecular formula is C12H15N3O4. The first-order chi connectivity index (χ1) is 8.99. The maximum Gasteiger partial charge on any atom is 0.319 e. The number of hydrogen-bond donors (Lipinski definition) is 2. The van der Waals surface area contributed by atoms with Crippen LogP contribution in [0.2, 0.25) is 0 Å². The highest BCUT2D eigenvalue weighted by atomic mass is 16.6. The van der Waals surface area contributed by atoms with E-state index < -0.39 is 17.2 Å². The molecule has 0 radical (unpaired) electrons. The zero-order valence-corrected chi connectivity index (χ0v) is 10.4. The number of urea groups is 1. The van der Waals surface area contributed by atoms with Crippen LogP contribution in [0.1, 0.15) is 18.9 Å². The summed E-state index contributed by atoms with van der Waals surface area (Å²) in [5.41, 5.74) is 0.345. The van der Waals surface area contributed by atoms with Gasteiger partial charge in [-0.05, 0) is 6.92 Å². The number of carbonyl (C=O) groups excluding carboxylic acids is 1. The topological polar surface area (TPSA) is 95.7 Å². The van der Waals surface area contributed by atoms with Crippen molar-refractivity contribution < 1.29 is 14.8 Å². The molecule has 19 heavy (non-hydrogen) atoms. The predicted molar refractivity (Wildman–Crippen MR) is 67.3 cm³/mol. The average molecular weight is 265 g/mol. The van der Waals surface area contributed by atoms with Crippen LogP contribution in [0.15, 0.2) is 24.3 Å². The lowest BCUT2D eigenvalue weighted by molar-refractivity contribution is -0.385. The third-order valence-corrected chi connectivity index (χ3v) is 3.08. The highest BCUT2D eigenvalue weighted by Gasteiger charge is 2.31. The second-order valence-corrected chi connectivity index (χ2v) is 4.58. The Hall–Kier alpha value is -2.15. The Morgan fingerprint density at radius 1 is 1.53 bits per heavy atom. The molecule has 1 aliphatic rings. The molecule has 7 heteroatoms. The van der Waals surface area contributed by atoms with E-state index in [2.05, 4.69) is 5.32 Å². The van der Waals surface area contributed by atoms with Gasteiger partial charge in [-0.3, -0.25) is 15.0 Å². The maximum atomic E-state index is 11.8. The van der Waals surface area contributed by atoms with E-state index >= 15 is 0 Å². The first kappa shape index (κ1) is 13.3. The monoisotopic (exact) mass is 265 g/mol. The number of rotatable bonds is 3. The first-order valence-electron chi connectivity index (χ1n) is 5.96. The van der Waals surface area contributed by atoms with Crippen LogP contribution < -0.4 is 5.32 Å². The van der Waals surface area contributed by atoms with Crippen LogP contribution in [-0.4, -0.2) is 33.2 Å². The molecule has 0 spiro atoms. The molecule has 0 aliphatic carbocycles. The summed E-state index contributed by atoms with van der Waals surface area (Å²) in [7, 11) is 0. The van der Waals surface area contributed by atoms with Gasteiger partial charge in [-0.15, -0.1) is 0 Å². The highest BCUT2D eigenvalue weighted by molar-refractivity contribution is 5.75. The van der Waals surface area contributed by atoms with E-state index in [1.807, 2.05) is 0 Å². The van der Waals surface area contributed by atoms with Gasteiger partial charge >= 0.3 is 6.03 Å². The molecule has 1 aliphatic heterocycles. The normalized spacial score (nSPS) is 23.1. The molecule has 2 atom stereocenters. The Balaban J connectivity index is 2.21. The molecule has 2 amide bonds. The van der Waals surface area contributed by atoms with Gasteiger partial charge < -0.3 is 10.4 Å². The van der Waals surface area contributed by atoms with Crippen molar-refractivity contribution in [2.45, 2.75) is 32.2 Å². The van der Waals surface area contributed by atoms with Gasteiger partial charge in [-0.25, -0.2) is 4.79 Å². The quantitative estimate of drug-likeness (QED) is 0.634. The van der Waals surface area contributed by atoms with E-state index in [1.54, 1.807) is 25.1 Å². The van der Waals surface area contributed by atoms with Crippen molar-refractivity contribution in [3.63, 3.8) is 0 Å². The number of aliphatic hydroxyl groups excluding tert-OH is 1.